The van der Waals surface area contributed by atoms with Crippen LogP contribution in [0.15, 0.2) is 18.3 Å². The van der Waals surface area contributed by atoms with Crippen molar-refractivity contribution < 1.29 is 19.1 Å². The summed E-state index contributed by atoms with van der Waals surface area (Å²) in [7, 11) is 1.34. The third kappa shape index (κ3) is 5.82. The number of aromatic nitrogens is 1. The van der Waals surface area contributed by atoms with Crippen molar-refractivity contribution in [3.63, 3.8) is 0 Å². The second kappa shape index (κ2) is 9.73. The summed E-state index contributed by atoms with van der Waals surface area (Å²) >= 11 is 0. The number of amides is 2. The van der Waals surface area contributed by atoms with Crippen molar-refractivity contribution in [3.05, 3.63) is 24.0 Å². The Labute approximate surface area is 165 Å². The van der Waals surface area contributed by atoms with Crippen LogP contribution >= 0.6 is 0 Å². The second-order valence-corrected chi connectivity index (χ2v) is 7.70. The molecular formula is C20H30N4O4. The van der Waals surface area contributed by atoms with E-state index in [-0.39, 0.29) is 36.3 Å². The molecule has 2 amide bonds. The zero-order valence-electron chi connectivity index (χ0n) is 16.4. The van der Waals surface area contributed by atoms with Gasteiger partial charge >= 0.3 is 5.97 Å². The number of aromatic amines is 1. The molecule has 0 unspecified atom stereocenters. The first-order valence-electron chi connectivity index (χ1n) is 10.1. The fourth-order valence-electron chi connectivity index (χ4n) is 3.82. The summed E-state index contributed by atoms with van der Waals surface area (Å²) in [6, 6.07) is 4.00. The highest BCUT2D eigenvalue weighted by Crippen LogP contribution is 2.35. The van der Waals surface area contributed by atoms with Gasteiger partial charge in [-0.1, -0.05) is 0 Å². The SMILES string of the molecule is COC(=O)CCNC(=O)C[C@H]1CC[C@@H](CNC(=O)c2ccc[nH]2)N1CC1CC1. The van der Waals surface area contributed by atoms with Gasteiger partial charge in [-0.05, 0) is 43.7 Å². The van der Waals surface area contributed by atoms with Crippen LogP contribution < -0.4 is 10.6 Å². The molecule has 1 saturated carbocycles. The van der Waals surface area contributed by atoms with Gasteiger partial charge in [-0.15, -0.1) is 0 Å². The summed E-state index contributed by atoms with van der Waals surface area (Å²) in [4.78, 5) is 41.0. The fraction of sp³-hybridized carbons (Fsp3) is 0.650. The number of hydrogen-bond donors (Lipinski definition) is 3. The number of ether oxygens (including phenoxy) is 1. The molecule has 0 radical (unpaired) electrons. The van der Waals surface area contributed by atoms with E-state index >= 15 is 0 Å². The number of nitrogens with one attached hydrogen (secondary N) is 3. The van der Waals surface area contributed by atoms with Crippen LogP contribution in [0.3, 0.4) is 0 Å². The highest BCUT2D eigenvalue weighted by atomic mass is 16.5. The number of H-pyrrole nitrogens is 1. The van der Waals surface area contributed by atoms with Crippen molar-refractivity contribution in [1.29, 1.82) is 0 Å². The first-order chi connectivity index (χ1) is 13.6. The number of rotatable bonds is 10. The largest absolute Gasteiger partial charge is 0.469 e. The molecule has 2 fully saturated rings. The molecule has 154 valence electrons. The molecule has 1 aromatic rings. The third-order valence-electron chi connectivity index (χ3n) is 5.58. The van der Waals surface area contributed by atoms with Crippen LogP contribution in [0, 0.1) is 5.92 Å². The smallest absolute Gasteiger partial charge is 0.307 e. The third-order valence-corrected chi connectivity index (χ3v) is 5.58. The van der Waals surface area contributed by atoms with E-state index < -0.39 is 0 Å². The molecule has 2 atom stereocenters. The highest BCUT2D eigenvalue weighted by Gasteiger charge is 2.38. The van der Waals surface area contributed by atoms with Gasteiger partial charge in [0.1, 0.15) is 5.69 Å². The van der Waals surface area contributed by atoms with E-state index in [1.54, 1.807) is 18.3 Å². The number of methoxy groups -OCH3 is 1. The number of nitrogens with zero attached hydrogens (tertiary/aromatic N) is 1. The van der Waals surface area contributed by atoms with Crippen molar-refractivity contribution in [3.8, 4) is 0 Å². The second-order valence-electron chi connectivity index (χ2n) is 7.70. The van der Waals surface area contributed by atoms with Gasteiger partial charge in [0.15, 0.2) is 0 Å². The number of carbonyl (C=O) groups is 3. The number of esters is 1. The minimum atomic E-state index is -0.325. The van der Waals surface area contributed by atoms with Crippen molar-refractivity contribution in [2.45, 2.75) is 50.6 Å². The Balaban J connectivity index is 1.48. The van der Waals surface area contributed by atoms with Crippen LogP contribution in [0.1, 0.15) is 49.0 Å². The Morgan fingerprint density at radius 1 is 1.18 bits per heavy atom. The molecular weight excluding hydrogens is 360 g/mol. The molecule has 3 N–H and O–H groups in total. The molecule has 1 saturated heterocycles. The predicted octanol–water partition coefficient (Wildman–Crippen LogP) is 1.06. The minimum absolute atomic E-state index is 0.0363. The summed E-state index contributed by atoms with van der Waals surface area (Å²) in [5, 5.41) is 5.82. The first-order valence-corrected chi connectivity index (χ1v) is 10.1. The van der Waals surface area contributed by atoms with Gasteiger partial charge in [0, 0.05) is 44.3 Å². The van der Waals surface area contributed by atoms with E-state index in [0.717, 1.165) is 19.4 Å². The van der Waals surface area contributed by atoms with Crippen LogP contribution in [0.4, 0.5) is 0 Å². The standard InChI is InChI=1S/C20H30N4O4/c1-28-19(26)8-10-22-18(25)11-15-6-7-16(24(15)13-14-4-5-14)12-23-20(27)17-3-2-9-21-17/h2-3,9,14-16,21H,4-8,10-13H2,1H3,(H,22,25)(H,23,27)/t15-,16+/m1/s1. The normalized spacial score (nSPS) is 22.0. The maximum absolute atomic E-state index is 12.3. The molecule has 1 aliphatic heterocycles. The maximum Gasteiger partial charge on any atom is 0.307 e. The Morgan fingerprint density at radius 2 is 1.96 bits per heavy atom. The average Bonchev–Trinajstić information content (AvgIpc) is 3.18. The average molecular weight is 390 g/mol. The van der Waals surface area contributed by atoms with Crippen LogP contribution in [-0.2, 0) is 14.3 Å². The van der Waals surface area contributed by atoms with Crippen molar-refractivity contribution >= 4 is 17.8 Å². The lowest BCUT2D eigenvalue weighted by Crippen LogP contribution is -2.45. The maximum atomic E-state index is 12.3. The van der Waals surface area contributed by atoms with E-state index in [1.165, 1.54) is 20.0 Å². The van der Waals surface area contributed by atoms with Gasteiger partial charge < -0.3 is 20.4 Å². The Kier molecular flexibility index (Phi) is 7.08. The van der Waals surface area contributed by atoms with E-state index in [2.05, 4.69) is 25.3 Å². The van der Waals surface area contributed by atoms with Gasteiger partial charge in [0.2, 0.25) is 5.91 Å². The summed E-state index contributed by atoms with van der Waals surface area (Å²) in [5.41, 5.74) is 0.563. The Hall–Kier alpha value is -2.35. The number of likely N-dealkylation sites (tertiary alicyclic amines) is 1. The highest BCUT2D eigenvalue weighted by molar-refractivity contribution is 5.92. The van der Waals surface area contributed by atoms with Crippen LogP contribution in [0.25, 0.3) is 0 Å². The van der Waals surface area contributed by atoms with Crippen molar-refractivity contribution in [1.82, 2.24) is 20.5 Å². The molecule has 1 aliphatic carbocycles. The molecule has 3 rings (SSSR count). The molecule has 2 heterocycles. The zero-order valence-corrected chi connectivity index (χ0v) is 16.4. The molecule has 0 spiro atoms. The number of carbonyl (C=O) groups excluding carboxylic acids is 3. The minimum Gasteiger partial charge on any atom is -0.469 e. The van der Waals surface area contributed by atoms with Crippen LogP contribution in [0.5, 0.6) is 0 Å². The summed E-state index contributed by atoms with van der Waals surface area (Å²) in [5.74, 6) is 0.255. The Morgan fingerprint density at radius 3 is 2.64 bits per heavy atom. The summed E-state index contributed by atoms with van der Waals surface area (Å²) < 4.78 is 4.59. The Bertz CT molecular complexity index is 672. The van der Waals surface area contributed by atoms with Crippen LogP contribution in [0.2, 0.25) is 0 Å². The van der Waals surface area contributed by atoms with E-state index in [0.29, 0.717) is 31.1 Å². The lowest BCUT2D eigenvalue weighted by atomic mass is 10.1. The van der Waals surface area contributed by atoms with Crippen molar-refractivity contribution in [2.75, 3.05) is 26.7 Å². The number of hydrogen-bond acceptors (Lipinski definition) is 5. The van der Waals surface area contributed by atoms with E-state index in [4.69, 9.17) is 0 Å². The lowest BCUT2D eigenvalue weighted by molar-refractivity contribution is -0.140. The molecule has 0 bridgehead atoms. The molecule has 8 heteroatoms. The van der Waals surface area contributed by atoms with Gasteiger partial charge in [-0.3, -0.25) is 19.3 Å². The van der Waals surface area contributed by atoms with E-state index in [1.807, 2.05) is 0 Å². The summed E-state index contributed by atoms with van der Waals surface area (Å²) in [6.07, 6.45) is 6.75. The van der Waals surface area contributed by atoms with Gasteiger partial charge in [0.05, 0.1) is 13.5 Å². The van der Waals surface area contributed by atoms with Gasteiger partial charge in [-0.2, -0.15) is 0 Å². The molecule has 0 aromatic carbocycles. The quantitative estimate of drug-likeness (QED) is 0.518. The molecule has 2 aliphatic rings. The molecule has 28 heavy (non-hydrogen) atoms. The molecule has 1 aromatic heterocycles. The van der Waals surface area contributed by atoms with Gasteiger partial charge in [-0.25, -0.2) is 0 Å². The lowest BCUT2D eigenvalue weighted by Gasteiger charge is -2.30. The van der Waals surface area contributed by atoms with Crippen molar-refractivity contribution in [2.24, 2.45) is 5.92 Å². The topological polar surface area (TPSA) is 104 Å². The fourth-order valence-corrected chi connectivity index (χ4v) is 3.82. The predicted molar refractivity (Wildman–Crippen MR) is 104 cm³/mol. The first kappa shape index (κ1) is 20.4. The zero-order chi connectivity index (χ0) is 19.9. The van der Waals surface area contributed by atoms with E-state index in [9.17, 15) is 14.4 Å². The van der Waals surface area contributed by atoms with Crippen LogP contribution in [-0.4, -0.2) is 66.5 Å². The molecule has 8 nitrogen and oxygen atoms in total. The summed E-state index contributed by atoms with van der Waals surface area (Å²) in [6.45, 7) is 1.88. The van der Waals surface area contributed by atoms with Gasteiger partial charge in [0.25, 0.3) is 5.91 Å². The monoisotopic (exact) mass is 390 g/mol.